The number of fused-ring (bicyclic) bond motifs is 1. The average Bonchev–Trinajstić information content (AvgIpc) is 2.43. The van der Waals surface area contributed by atoms with Gasteiger partial charge in [0, 0.05) is 17.6 Å². The zero-order valence-corrected chi connectivity index (χ0v) is 10.2. The average molecular weight is 252 g/mol. The first-order chi connectivity index (χ1) is 9.24. The molecule has 94 valence electrons. The van der Waals surface area contributed by atoms with Gasteiger partial charge in [-0.15, -0.1) is 0 Å². The molecule has 5 heteroatoms. The van der Waals surface area contributed by atoms with Gasteiger partial charge in [-0.1, -0.05) is 24.3 Å². The minimum atomic E-state index is -0.179. The minimum absolute atomic E-state index is 0.179. The Morgan fingerprint density at radius 1 is 1.11 bits per heavy atom. The number of aromatic nitrogens is 3. The predicted molar refractivity (Wildman–Crippen MR) is 73.8 cm³/mol. The summed E-state index contributed by atoms with van der Waals surface area (Å²) in [5.74, 6) is 0.327. The van der Waals surface area contributed by atoms with Crippen molar-refractivity contribution in [2.75, 3.05) is 5.73 Å². The minimum Gasteiger partial charge on any atom is -0.382 e. The molecule has 0 bridgehead atoms. The summed E-state index contributed by atoms with van der Waals surface area (Å²) in [5, 5.41) is 5.07. The standard InChI is InChI=1S/C14H12N4O/c15-12-6-7-13(19)18(17-12)9-11-4-1-3-10-5-2-8-16-14(10)11/h1-8H,9H2,(H2,15,17). The van der Waals surface area contributed by atoms with Crippen molar-refractivity contribution in [1.82, 2.24) is 14.8 Å². The maximum atomic E-state index is 11.7. The van der Waals surface area contributed by atoms with Gasteiger partial charge in [-0.2, -0.15) is 5.10 Å². The van der Waals surface area contributed by atoms with Crippen LogP contribution in [0.2, 0.25) is 0 Å². The molecule has 0 aliphatic carbocycles. The molecule has 3 aromatic rings. The number of para-hydroxylation sites is 1. The van der Waals surface area contributed by atoms with Crippen LogP contribution in [0.3, 0.4) is 0 Å². The highest BCUT2D eigenvalue weighted by molar-refractivity contribution is 5.81. The first-order valence-electron chi connectivity index (χ1n) is 5.90. The van der Waals surface area contributed by atoms with Crippen LogP contribution in [0.15, 0.2) is 53.5 Å². The molecule has 0 aliphatic rings. The summed E-state index contributed by atoms with van der Waals surface area (Å²) in [6.07, 6.45) is 1.74. The van der Waals surface area contributed by atoms with Crippen LogP contribution in [-0.2, 0) is 6.54 Å². The highest BCUT2D eigenvalue weighted by Crippen LogP contribution is 2.16. The number of anilines is 1. The quantitative estimate of drug-likeness (QED) is 0.748. The SMILES string of the molecule is Nc1ccc(=O)n(Cc2cccc3cccnc23)n1. The van der Waals surface area contributed by atoms with Gasteiger partial charge in [0.1, 0.15) is 5.82 Å². The van der Waals surface area contributed by atoms with Crippen molar-refractivity contribution in [1.29, 1.82) is 0 Å². The molecule has 5 nitrogen and oxygen atoms in total. The van der Waals surface area contributed by atoms with E-state index in [1.165, 1.54) is 16.8 Å². The molecule has 0 radical (unpaired) electrons. The number of pyridine rings is 1. The third-order valence-electron chi connectivity index (χ3n) is 2.92. The second-order valence-corrected chi connectivity index (χ2v) is 4.25. The normalized spacial score (nSPS) is 10.7. The molecule has 0 saturated carbocycles. The second-order valence-electron chi connectivity index (χ2n) is 4.25. The van der Waals surface area contributed by atoms with Crippen molar-refractivity contribution in [2.24, 2.45) is 0 Å². The Kier molecular flexibility index (Phi) is 2.72. The fourth-order valence-electron chi connectivity index (χ4n) is 2.03. The number of benzene rings is 1. The molecule has 0 fully saturated rings. The van der Waals surface area contributed by atoms with E-state index in [9.17, 15) is 4.79 Å². The molecule has 2 N–H and O–H groups in total. The van der Waals surface area contributed by atoms with Gasteiger partial charge in [0.2, 0.25) is 0 Å². The van der Waals surface area contributed by atoms with E-state index in [2.05, 4.69) is 10.1 Å². The van der Waals surface area contributed by atoms with Crippen molar-refractivity contribution < 1.29 is 0 Å². The third-order valence-corrected chi connectivity index (χ3v) is 2.92. The number of rotatable bonds is 2. The number of nitrogens with zero attached hydrogens (tertiary/aromatic N) is 3. The third kappa shape index (κ3) is 2.18. The largest absolute Gasteiger partial charge is 0.382 e. The molecule has 0 atom stereocenters. The topological polar surface area (TPSA) is 73.8 Å². The van der Waals surface area contributed by atoms with E-state index in [0.717, 1.165) is 16.5 Å². The summed E-state index contributed by atoms with van der Waals surface area (Å²) >= 11 is 0. The second kappa shape index (κ2) is 4.53. The Balaban J connectivity index is 2.11. The lowest BCUT2D eigenvalue weighted by Gasteiger charge is -2.07. The summed E-state index contributed by atoms with van der Waals surface area (Å²) in [6, 6.07) is 12.7. The van der Waals surface area contributed by atoms with Crippen LogP contribution in [0.4, 0.5) is 5.82 Å². The van der Waals surface area contributed by atoms with Gasteiger partial charge >= 0.3 is 0 Å². The molecule has 0 saturated heterocycles. The van der Waals surface area contributed by atoms with E-state index in [4.69, 9.17) is 5.73 Å². The Morgan fingerprint density at radius 3 is 2.84 bits per heavy atom. The summed E-state index contributed by atoms with van der Waals surface area (Å²) in [4.78, 5) is 16.1. The summed E-state index contributed by atoms with van der Waals surface area (Å²) in [5.41, 5.74) is 7.25. The molecular formula is C14H12N4O. The number of hydrogen-bond acceptors (Lipinski definition) is 4. The molecule has 0 unspecified atom stereocenters. The molecular weight excluding hydrogens is 240 g/mol. The molecule has 2 heterocycles. The van der Waals surface area contributed by atoms with Crippen LogP contribution in [0.25, 0.3) is 10.9 Å². The van der Waals surface area contributed by atoms with E-state index in [1.807, 2.05) is 30.3 Å². The summed E-state index contributed by atoms with van der Waals surface area (Å²) in [6.45, 7) is 0.359. The van der Waals surface area contributed by atoms with E-state index >= 15 is 0 Å². The number of nitrogen functional groups attached to an aromatic ring is 1. The molecule has 1 aromatic carbocycles. The lowest BCUT2D eigenvalue weighted by Crippen LogP contribution is -2.23. The maximum absolute atomic E-state index is 11.7. The molecule has 3 rings (SSSR count). The van der Waals surface area contributed by atoms with Crippen molar-refractivity contribution in [2.45, 2.75) is 6.54 Å². The Bertz CT molecular complexity index is 789. The summed E-state index contributed by atoms with van der Waals surface area (Å²) < 4.78 is 1.35. The highest BCUT2D eigenvalue weighted by atomic mass is 16.1. The Hall–Kier alpha value is -2.69. The highest BCUT2D eigenvalue weighted by Gasteiger charge is 2.05. The van der Waals surface area contributed by atoms with Gasteiger partial charge in [0.15, 0.2) is 0 Å². The maximum Gasteiger partial charge on any atom is 0.267 e. The first-order valence-corrected chi connectivity index (χ1v) is 5.90. The van der Waals surface area contributed by atoms with Gasteiger partial charge in [0.05, 0.1) is 12.1 Å². The molecule has 2 aromatic heterocycles. The Morgan fingerprint density at radius 2 is 1.95 bits per heavy atom. The van der Waals surface area contributed by atoms with Crippen molar-refractivity contribution in [3.05, 3.63) is 64.6 Å². The molecule has 0 aliphatic heterocycles. The van der Waals surface area contributed by atoms with Crippen LogP contribution in [-0.4, -0.2) is 14.8 Å². The van der Waals surface area contributed by atoms with E-state index in [-0.39, 0.29) is 5.56 Å². The van der Waals surface area contributed by atoms with Crippen LogP contribution in [0.5, 0.6) is 0 Å². The number of nitrogens with two attached hydrogens (primary N) is 1. The molecule has 0 spiro atoms. The Labute approximate surface area is 109 Å². The molecule has 0 amide bonds. The number of hydrogen-bond donors (Lipinski definition) is 1. The first kappa shape index (κ1) is 11.4. The lowest BCUT2D eigenvalue weighted by atomic mass is 10.1. The monoisotopic (exact) mass is 252 g/mol. The zero-order chi connectivity index (χ0) is 13.2. The van der Waals surface area contributed by atoms with Crippen molar-refractivity contribution in [3.8, 4) is 0 Å². The van der Waals surface area contributed by atoms with E-state index in [1.54, 1.807) is 6.20 Å². The predicted octanol–water partition coefficient (Wildman–Crippen LogP) is 1.42. The summed E-state index contributed by atoms with van der Waals surface area (Å²) in [7, 11) is 0. The van der Waals surface area contributed by atoms with Crippen LogP contribution < -0.4 is 11.3 Å². The van der Waals surface area contributed by atoms with Gasteiger partial charge in [-0.3, -0.25) is 9.78 Å². The van der Waals surface area contributed by atoms with Crippen LogP contribution in [0, 0.1) is 0 Å². The van der Waals surface area contributed by atoms with Gasteiger partial charge in [-0.25, -0.2) is 4.68 Å². The van der Waals surface area contributed by atoms with Crippen LogP contribution >= 0.6 is 0 Å². The lowest BCUT2D eigenvalue weighted by molar-refractivity contribution is 0.646. The van der Waals surface area contributed by atoms with Crippen LogP contribution in [0.1, 0.15) is 5.56 Å². The van der Waals surface area contributed by atoms with Crippen molar-refractivity contribution in [3.63, 3.8) is 0 Å². The fraction of sp³-hybridized carbons (Fsp3) is 0.0714. The van der Waals surface area contributed by atoms with E-state index < -0.39 is 0 Å². The zero-order valence-electron chi connectivity index (χ0n) is 10.2. The van der Waals surface area contributed by atoms with Gasteiger partial charge in [0.25, 0.3) is 5.56 Å². The van der Waals surface area contributed by atoms with Gasteiger partial charge in [-0.05, 0) is 17.7 Å². The van der Waals surface area contributed by atoms with Crippen molar-refractivity contribution >= 4 is 16.7 Å². The molecule has 19 heavy (non-hydrogen) atoms. The fourth-order valence-corrected chi connectivity index (χ4v) is 2.03. The van der Waals surface area contributed by atoms with E-state index in [0.29, 0.717) is 12.4 Å². The smallest absolute Gasteiger partial charge is 0.267 e. The van der Waals surface area contributed by atoms with Gasteiger partial charge < -0.3 is 5.73 Å².